The maximum Gasteiger partial charge on any atom is 0.305 e. The Morgan fingerprint density at radius 2 is 1.95 bits per heavy atom. The molecule has 2 unspecified atom stereocenters. The van der Waals surface area contributed by atoms with Crippen molar-refractivity contribution in [2.75, 3.05) is 52.4 Å². The maximum atomic E-state index is 14.8. The number of ether oxygens (including phenoxy) is 1. The van der Waals surface area contributed by atoms with Gasteiger partial charge in [-0.2, -0.15) is 12.6 Å². The summed E-state index contributed by atoms with van der Waals surface area (Å²) in [6.07, 6.45) is 5.64. The zero-order chi connectivity index (χ0) is 26.4. The number of Topliss-reactive ketones (excluding diaryl/α,β-unsaturated/α-hetero) is 1. The lowest BCUT2D eigenvalue weighted by Crippen LogP contribution is -2.50. The third kappa shape index (κ3) is 7.42. The van der Waals surface area contributed by atoms with Crippen LogP contribution >= 0.6 is 12.6 Å². The van der Waals surface area contributed by atoms with Gasteiger partial charge in [-0.1, -0.05) is 24.3 Å². The van der Waals surface area contributed by atoms with Gasteiger partial charge < -0.3 is 9.64 Å². The van der Waals surface area contributed by atoms with Crippen LogP contribution < -0.4 is 0 Å². The second kappa shape index (κ2) is 13.0. The molecule has 7 nitrogen and oxygen atoms in total. The van der Waals surface area contributed by atoms with Crippen LogP contribution in [0.2, 0.25) is 0 Å². The molecule has 2 aliphatic heterocycles. The molecule has 1 aromatic rings. The highest BCUT2D eigenvalue weighted by Gasteiger charge is 2.41. The molecule has 1 amide bonds. The lowest BCUT2D eigenvalue weighted by atomic mass is 9.93. The minimum atomic E-state index is -0.585. The molecule has 4 rings (SSSR count). The predicted octanol–water partition coefficient (Wildman–Crippen LogP) is 3.26. The van der Waals surface area contributed by atoms with Crippen molar-refractivity contribution >= 4 is 30.3 Å². The summed E-state index contributed by atoms with van der Waals surface area (Å²) in [5, 5.41) is 0.0489. The minimum absolute atomic E-state index is 0.0250. The zero-order valence-corrected chi connectivity index (χ0v) is 22.5. The number of thiol groups is 1. The van der Waals surface area contributed by atoms with E-state index in [0.29, 0.717) is 64.3 Å². The Hall–Kier alpha value is -2.23. The number of nitrogens with zero attached hydrogens (tertiary/aromatic N) is 3. The van der Waals surface area contributed by atoms with E-state index in [1.165, 1.54) is 6.07 Å². The SMILES string of the molecule is CCOC(=O)CCCN1CCN(C/C=C2/CN(C(C(=O)C3CC3)c3ccccc3F)CCC2S)C(=O)C1. The summed E-state index contributed by atoms with van der Waals surface area (Å²) in [7, 11) is 0. The van der Waals surface area contributed by atoms with Crippen molar-refractivity contribution in [3.05, 3.63) is 47.3 Å². The molecule has 0 spiro atoms. The molecular weight excluding hydrogens is 493 g/mol. The summed E-state index contributed by atoms with van der Waals surface area (Å²) in [5.41, 5.74) is 1.52. The molecule has 2 atom stereocenters. The number of rotatable bonds is 11. The number of amides is 1. The van der Waals surface area contributed by atoms with Crippen molar-refractivity contribution in [3.63, 3.8) is 0 Å². The van der Waals surface area contributed by atoms with Crippen molar-refractivity contribution in [2.45, 2.75) is 50.3 Å². The highest BCUT2D eigenvalue weighted by Crippen LogP contribution is 2.39. The topological polar surface area (TPSA) is 70.2 Å². The van der Waals surface area contributed by atoms with E-state index in [4.69, 9.17) is 17.4 Å². The Morgan fingerprint density at radius 1 is 1.16 bits per heavy atom. The Kier molecular flexibility index (Phi) is 9.78. The largest absolute Gasteiger partial charge is 0.466 e. The number of likely N-dealkylation sites (tertiary alicyclic amines) is 1. The first-order valence-corrected chi connectivity index (χ1v) is 13.9. The molecule has 202 valence electrons. The van der Waals surface area contributed by atoms with E-state index < -0.39 is 6.04 Å². The van der Waals surface area contributed by atoms with Crippen LogP contribution in [0.1, 0.15) is 50.6 Å². The Bertz CT molecular complexity index is 1010. The summed E-state index contributed by atoms with van der Waals surface area (Å²) in [4.78, 5) is 43.6. The lowest BCUT2D eigenvalue weighted by molar-refractivity contribution is -0.143. The van der Waals surface area contributed by atoms with Crippen LogP contribution in [0.5, 0.6) is 0 Å². The molecule has 1 aliphatic carbocycles. The molecule has 3 fully saturated rings. The monoisotopic (exact) mass is 531 g/mol. The van der Waals surface area contributed by atoms with Gasteiger partial charge in [-0.15, -0.1) is 0 Å². The lowest BCUT2D eigenvalue weighted by Gasteiger charge is -2.38. The van der Waals surface area contributed by atoms with Gasteiger partial charge in [-0.25, -0.2) is 4.39 Å². The minimum Gasteiger partial charge on any atom is -0.466 e. The maximum absolute atomic E-state index is 14.8. The summed E-state index contributed by atoms with van der Waals surface area (Å²) >= 11 is 4.78. The van der Waals surface area contributed by atoms with Crippen LogP contribution in [0.15, 0.2) is 35.9 Å². The highest BCUT2D eigenvalue weighted by atomic mass is 32.1. The average molecular weight is 532 g/mol. The van der Waals surface area contributed by atoms with Crippen LogP contribution in [0.4, 0.5) is 4.39 Å². The van der Waals surface area contributed by atoms with E-state index in [9.17, 15) is 18.8 Å². The van der Waals surface area contributed by atoms with Crippen molar-refractivity contribution < 1.29 is 23.5 Å². The third-order valence-electron chi connectivity index (χ3n) is 7.45. The standard InChI is InChI=1S/C28H38FN3O4S/c1-2-36-26(34)8-5-13-30-16-17-31(25(33)19-30)14-11-21-18-32(15-12-24(21)37)27(28(35)20-9-10-20)22-6-3-4-7-23(22)29/h3-4,6-7,11,20,24,27,37H,2,5,8-10,12-19H2,1H3/b21-11-. The van der Waals surface area contributed by atoms with Crippen LogP contribution in [0.25, 0.3) is 0 Å². The quantitative estimate of drug-likeness (QED) is 0.269. The number of ketones is 1. The number of hydrogen-bond acceptors (Lipinski definition) is 7. The molecule has 2 saturated heterocycles. The number of halogens is 1. The third-order valence-corrected chi connectivity index (χ3v) is 8.04. The van der Waals surface area contributed by atoms with E-state index in [2.05, 4.69) is 15.9 Å². The van der Waals surface area contributed by atoms with Crippen LogP contribution in [0, 0.1) is 11.7 Å². The number of hydrogen-bond donors (Lipinski definition) is 1. The molecule has 0 radical (unpaired) electrons. The van der Waals surface area contributed by atoms with Gasteiger partial charge in [0, 0.05) is 55.9 Å². The van der Waals surface area contributed by atoms with Crippen molar-refractivity contribution in [1.82, 2.24) is 14.7 Å². The Labute approximate surface area is 224 Å². The molecule has 9 heteroatoms. The Morgan fingerprint density at radius 3 is 2.65 bits per heavy atom. The molecule has 1 saturated carbocycles. The van der Waals surface area contributed by atoms with Gasteiger partial charge in [-0.05, 0) is 50.8 Å². The van der Waals surface area contributed by atoms with Crippen molar-refractivity contribution in [3.8, 4) is 0 Å². The van der Waals surface area contributed by atoms with Gasteiger partial charge in [0.05, 0.1) is 19.2 Å². The van der Waals surface area contributed by atoms with Crippen molar-refractivity contribution in [2.24, 2.45) is 5.92 Å². The summed E-state index contributed by atoms with van der Waals surface area (Å²) < 4.78 is 19.7. The number of piperidine rings is 1. The molecule has 0 aromatic heterocycles. The number of benzene rings is 1. The summed E-state index contributed by atoms with van der Waals surface area (Å²) in [5.74, 6) is -0.340. The van der Waals surface area contributed by atoms with Gasteiger partial charge in [0.25, 0.3) is 0 Å². The molecule has 1 aromatic carbocycles. The van der Waals surface area contributed by atoms with Gasteiger partial charge in [0.15, 0.2) is 5.78 Å². The average Bonchev–Trinajstić information content (AvgIpc) is 3.72. The fraction of sp³-hybridized carbons (Fsp3) is 0.607. The van der Waals surface area contributed by atoms with Crippen molar-refractivity contribution in [1.29, 1.82) is 0 Å². The second-order valence-electron chi connectivity index (χ2n) is 10.2. The van der Waals surface area contributed by atoms with Crippen LogP contribution in [0.3, 0.4) is 0 Å². The summed E-state index contributed by atoms with van der Waals surface area (Å²) in [6.45, 7) is 6.31. The first-order chi connectivity index (χ1) is 17.9. The molecule has 0 bridgehead atoms. The fourth-order valence-corrected chi connectivity index (χ4v) is 5.48. The van der Waals surface area contributed by atoms with Crippen LogP contribution in [-0.4, -0.2) is 90.0 Å². The van der Waals surface area contributed by atoms with E-state index in [-0.39, 0.29) is 34.6 Å². The molecule has 2 heterocycles. The normalized spacial score (nSPS) is 23.3. The molecule has 0 N–H and O–H groups in total. The van der Waals surface area contributed by atoms with Gasteiger partial charge in [0.2, 0.25) is 5.91 Å². The highest BCUT2D eigenvalue weighted by molar-refractivity contribution is 7.81. The van der Waals surface area contributed by atoms with Gasteiger partial charge in [-0.3, -0.25) is 24.2 Å². The molecular formula is C28H38FN3O4S. The van der Waals surface area contributed by atoms with Crippen LogP contribution in [-0.2, 0) is 19.1 Å². The van der Waals surface area contributed by atoms with Gasteiger partial charge >= 0.3 is 5.97 Å². The van der Waals surface area contributed by atoms with E-state index in [1.807, 2.05) is 4.90 Å². The number of piperazine rings is 1. The first kappa shape index (κ1) is 27.8. The number of esters is 1. The van der Waals surface area contributed by atoms with E-state index >= 15 is 0 Å². The second-order valence-corrected chi connectivity index (χ2v) is 10.8. The fourth-order valence-electron chi connectivity index (χ4n) is 5.18. The van der Waals surface area contributed by atoms with E-state index in [0.717, 1.165) is 31.4 Å². The zero-order valence-electron chi connectivity index (χ0n) is 21.6. The van der Waals surface area contributed by atoms with Gasteiger partial charge in [0.1, 0.15) is 5.82 Å². The molecule has 3 aliphatic rings. The molecule has 37 heavy (non-hydrogen) atoms. The van der Waals surface area contributed by atoms with E-state index in [1.54, 1.807) is 25.1 Å². The summed E-state index contributed by atoms with van der Waals surface area (Å²) in [6, 6.07) is 6.00. The first-order valence-electron chi connectivity index (χ1n) is 13.4. The Balaban J connectivity index is 1.35. The predicted molar refractivity (Wildman–Crippen MR) is 143 cm³/mol. The number of carbonyl (C=O) groups excluding carboxylic acids is 3. The number of carbonyl (C=O) groups is 3. The smallest absolute Gasteiger partial charge is 0.305 e.